The van der Waals surface area contributed by atoms with E-state index in [1.165, 1.54) is 0 Å². The van der Waals surface area contributed by atoms with Crippen molar-refractivity contribution >= 4 is 11.6 Å². The number of hydrogen-bond acceptors (Lipinski definition) is 3. The van der Waals surface area contributed by atoms with Crippen LogP contribution in [0.1, 0.15) is 45.4 Å². The summed E-state index contributed by atoms with van der Waals surface area (Å²) in [5.41, 5.74) is 6.23. The molecule has 0 aromatic heterocycles. The van der Waals surface area contributed by atoms with Gasteiger partial charge >= 0.3 is 0 Å². The molecular formula is C16H26N2O2. The lowest BCUT2D eigenvalue weighted by atomic mass is 10.1. The Labute approximate surface area is 121 Å². The van der Waals surface area contributed by atoms with Crippen LogP contribution in [0.2, 0.25) is 0 Å². The molecule has 3 N–H and O–H groups in total. The molecule has 0 saturated heterocycles. The van der Waals surface area contributed by atoms with Crippen LogP contribution in [0.4, 0.5) is 5.69 Å². The van der Waals surface area contributed by atoms with E-state index in [1.54, 1.807) is 0 Å². The number of nitrogens with two attached hydrogens (primary N) is 1. The zero-order chi connectivity index (χ0) is 14.6. The normalized spacial score (nSPS) is 10.3. The maximum Gasteiger partial charge on any atom is 0.224 e. The summed E-state index contributed by atoms with van der Waals surface area (Å²) in [5, 5.41) is 2.91. The highest BCUT2D eigenvalue weighted by Crippen LogP contribution is 2.18. The fourth-order valence-corrected chi connectivity index (χ4v) is 1.89. The van der Waals surface area contributed by atoms with Crippen molar-refractivity contribution in [3.63, 3.8) is 0 Å². The van der Waals surface area contributed by atoms with Crippen LogP contribution < -0.4 is 15.8 Å². The molecule has 0 radical (unpaired) electrons. The van der Waals surface area contributed by atoms with Crippen LogP contribution in [-0.4, -0.2) is 19.1 Å². The van der Waals surface area contributed by atoms with E-state index < -0.39 is 0 Å². The Kier molecular flexibility index (Phi) is 8.47. The number of unbranched alkanes of at least 4 members (excludes halogenated alkanes) is 3. The molecule has 4 nitrogen and oxygen atoms in total. The van der Waals surface area contributed by atoms with Crippen molar-refractivity contribution in [3.8, 4) is 5.75 Å². The summed E-state index contributed by atoms with van der Waals surface area (Å²) in [4.78, 5) is 11.8. The highest BCUT2D eigenvalue weighted by Gasteiger charge is 2.03. The van der Waals surface area contributed by atoms with Crippen molar-refractivity contribution in [1.29, 1.82) is 0 Å². The summed E-state index contributed by atoms with van der Waals surface area (Å²) in [6.07, 6.45) is 5.65. The largest absolute Gasteiger partial charge is 0.494 e. The lowest BCUT2D eigenvalue weighted by Gasteiger charge is -2.08. The minimum absolute atomic E-state index is 0.0605. The van der Waals surface area contributed by atoms with Gasteiger partial charge in [-0.2, -0.15) is 0 Å². The van der Waals surface area contributed by atoms with Gasteiger partial charge in [-0.3, -0.25) is 4.79 Å². The predicted octanol–water partition coefficient (Wildman–Crippen LogP) is 3.32. The fraction of sp³-hybridized carbons (Fsp3) is 0.562. The van der Waals surface area contributed by atoms with E-state index in [4.69, 9.17) is 10.5 Å². The van der Waals surface area contributed by atoms with E-state index >= 15 is 0 Å². The number of anilines is 1. The molecule has 0 saturated carbocycles. The monoisotopic (exact) mass is 278 g/mol. The zero-order valence-corrected chi connectivity index (χ0v) is 12.4. The number of nitrogens with one attached hydrogen (secondary N) is 1. The van der Waals surface area contributed by atoms with Gasteiger partial charge < -0.3 is 15.8 Å². The second kappa shape index (κ2) is 10.3. The number of carbonyl (C=O) groups is 1. The summed E-state index contributed by atoms with van der Waals surface area (Å²) in [7, 11) is 0. The minimum atomic E-state index is 0.0605. The molecule has 0 aliphatic rings. The van der Waals surface area contributed by atoms with Gasteiger partial charge in [-0.1, -0.05) is 25.8 Å². The second-order valence-corrected chi connectivity index (χ2v) is 4.88. The third-order valence-corrected chi connectivity index (χ3v) is 2.95. The predicted molar refractivity (Wildman–Crippen MR) is 83.0 cm³/mol. The molecule has 1 rings (SSSR count). The van der Waals surface area contributed by atoms with Crippen LogP contribution in [0.3, 0.4) is 0 Å². The van der Waals surface area contributed by atoms with Crippen molar-refractivity contribution in [3.05, 3.63) is 24.3 Å². The van der Waals surface area contributed by atoms with E-state index in [0.717, 1.165) is 50.1 Å². The number of hydrogen-bond donors (Lipinski definition) is 2. The quantitative estimate of drug-likeness (QED) is 0.645. The number of amides is 1. The molecule has 0 aliphatic carbocycles. The van der Waals surface area contributed by atoms with Crippen LogP contribution in [0.25, 0.3) is 0 Å². The number of carbonyl (C=O) groups excluding carboxylic acids is 1. The van der Waals surface area contributed by atoms with Crippen molar-refractivity contribution in [2.24, 2.45) is 5.73 Å². The van der Waals surface area contributed by atoms with E-state index in [2.05, 4.69) is 12.2 Å². The zero-order valence-electron chi connectivity index (χ0n) is 12.4. The average molecular weight is 278 g/mol. The molecule has 20 heavy (non-hydrogen) atoms. The third-order valence-electron chi connectivity index (χ3n) is 2.95. The minimum Gasteiger partial charge on any atom is -0.494 e. The van der Waals surface area contributed by atoms with E-state index in [-0.39, 0.29) is 5.91 Å². The van der Waals surface area contributed by atoms with Crippen molar-refractivity contribution in [2.75, 3.05) is 18.5 Å². The Bertz CT molecular complexity index is 394. The van der Waals surface area contributed by atoms with Crippen LogP contribution in [0.5, 0.6) is 5.75 Å². The van der Waals surface area contributed by atoms with Gasteiger partial charge in [0.25, 0.3) is 0 Å². The Balaban J connectivity index is 2.30. The molecule has 112 valence electrons. The van der Waals surface area contributed by atoms with Crippen LogP contribution in [0, 0.1) is 0 Å². The van der Waals surface area contributed by atoms with Gasteiger partial charge in [0.2, 0.25) is 5.91 Å². The molecule has 0 spiro atoms. The summed E-state index contributed by atoms with van der Waals surface area (Å²) in [6.45, 7) is 3.49. The first-order chi connectivity index (χ1) is 9.76. The first-order valence-electron chi connectivity index (χ1n) is 7.49. The smallest absolute Gasteiger partial charge is 0.224 e. The Morgan fingerprint density at radius 2 is 2.05 bits per heavy atom. The van der Waals surface area contributed by atoms with E-state index in [0.29, 0.717) is 13.0 Å². The average Bonchev–Trinajstić information content (AvgIpc) is 2.45. The van der Waals surface area contributed by atoms with Crippen molar-refractivity contribution in [1.82, 2.24) is 0 Å². The highest BCUT2D eigenvalue weighted by atomic mass is 16.5. The topological polar surface area (TPSA) is 64.3 Å². The molecule has 1 amide bonds. The summed E-state index contributed by atoms with van der Waals surface area (Å²) >= 11 is 0. The van der Waals surface area contributed by atoms with E-state index in [9.17, 15) is 4.79 Å². The SMILES string of the molecule is CCCOc1cccc(NC(=O)CCCCCCN)c1. The molecule has 1 aromatic rings. The Hall–Kier alpha value is -1.55. The molecule has 0 fully saturated rings. The van der Waals surface area contributed by atoms with Gasteiger partial charge in [-0.15, -0.1) is 0 Å². The Morgan fingerprint density at radius 1 is 1.25 bits per heavy atom. The highest BCUT2D eigenvalue weighted by molar-refractivity contribution is 5.90. The van der Waals surface area contributed by atoms with Gasteiger partial charge in [0, 0.05) is 18.2 Å². The number of benzene rings is 1. The van der Waals surface area contributed by atoms with Gasteiger partial charge in [0.15, 0.2) is 0 Å². The third kappa shape index (κ3) is 7.14. The van der Waals surface area contributed by atoms with Gasteiger partial charge in [0.05, 0.1) is 6.61 Å². The van der Waals surface area contributed by atoms with Crippen LogP contribution >= 0.6 is 0 Å². The maximum atomic E-state index is 11.8. The van der Waals surface area contributed by atoms with Gasteiger partial charge in [-0.05, 0) is 37.9 Å². The molecule has 0 unspecified atom stereocenters. The van der Waals surface area contributed by atoms with E-state index in [1.807, 2.05) is 24.3 Å². The maximum absolute atomic E-state index is 11.8. The molecule has 4 heteroatoms. The van der Waals surface area contributed by atoms with Gasteiger partial charge in [0.1, 0.15) is 5.75 Å². The summed E-state index contributed by atoms with van der Waals surface area (Å²) in [6, 6.07) is 7.53. The number of rotatable bonds is 10. The molecule has 0 atom stereocenters. The van der Waals surface area contributed by atoms with Crippen molar-refractivity contribution in [2.45, 2.75) is 45.4 Å². The molecule has 0 aliphatic heterocycles. The summed E-state index contributed by atoms with van der Waals surface area (Å²) < 4.78 is 5.54. The standard InChI is InChI=1S/C16H26N2O2/c1-2-12-20-15-9-7-8-14(13-15)18-16(19)10-5-3-4-6-11-17/h7-9,13H,2-6,10-12,17H2,1H3,(H,18,19). The lowest BCUT2D eigenvalue weighted by Crippen LogP contribution is -2.11. The second-order valence-electron chi connectivity index (χ2n) is 4.88. The van der Waals surface area contributed by atoms with Crippen LogP contribution in [-0.2, 0) is 4.79 Å². The van der Waals surface area contributed by atoms with Crippen LogP contribution in [0.15, 0.2) is 24.3 Å². The first kappa shape index (κ1) is 16.5. The number of ether oxygens (including phenoxy) is 1. The summed E-state index contributed by atoms with van der Waals surface area (Å²) in [5.74, 6) is 0.859. The van der Waals surface area contributed by atoms with Crippen molar-refractivity contribution < 1.29 is 9.53 Å². The molecule has 0 bridgehead atoms. The van der Waals surface area contributed by atoms with Gasteiger partial charge in [-0.25, -0.2) is 0 Å². The Morgan fingerprint density at radius 3 is 2.80 bits per heavy atom. The first-order valence-corrected chi connectivity index (χ1v) is 7.49. The molecule has 1 aromatic carbocycles. The molecular weight excluding hydrogens is 252 g/mol. The fourth-order valence-electron chi connectivity index (χ4n) is 1.89. The lowest BCUT2D eigenvalue weighted by molar-refractivity contribution is -0.116. The molecule has 0 heterocycles.